The van der Waals surface area contributed by atoms with Crippen molar-refractivity contribution in [2.45, 2.75) is 9.79 Å². The van der Waals surface area contributed by atoms with E-state index in [9.17, 15) is 0 Å². The minimum Gasteiger partial charge on any atom is -0.399 e. The maximum absolute atomic E-state index is 5.69. The summed E-state index contributed by atoms with van der Waals surface area (Å²) in [5.41, 5.74) is 6.49. The number of benzene rings is 3. The van der Waals surface area contributed by atoms with E-state index >= 15 is 0 Å². The van der Waals surface area contributed by atoms with Crippen molar-refractivity contribution in [2.24, 2.45) is 0 Å². The van der Waals surface area contributed by atoms with Crippen molar-refractivity contribution in [3.63, 3.8) is 0 Å². The zero-order valence-electron chi connectivity index (χ0n) is 9.84. The summed E-state index contributed by atoms with van der Waals surface area (Å²) in [6, 6.07) is 22.9. The van der Waals surface area contributed by atoms with Gasteiger partial charge in [0.05, 0.1) is 0 Å². The van der Waals surface area contributed by atoms with Crippen molar-refractivity contribution >= 4 is 28.2 Å². The van der Waals surface area contributed by atoms with Gasteiger partial charge in [0.15, 0.2) is 0 Å². The first-order valence-electron chi connectivity index (χ1n) is 5.83. The van der Waals surface area contributed by atoms with Gasteiger partial charge in [-0.15, -0.1) is 0 Å². The second kappa shape index (κ2) is 4.75. The van der Waals surface area contributed by atoms with Gasteiger partial charge in [0.25, 0.3) is 0 Å². The molecule has 0 amide bonds. The number of nitrogens with two attached hydrogens (primary N) is 1. The van der Waals surface area contributed by atoms with Crippen LogP contribution in [0.1, 0.15) is 0 Å². The van der Waals surface area contributed by atoms with E-state index in [2.05, 4.69) is 54.6 Å². The molecule has 0 saturated carbocycles. The number of nitrogen functional groups attached to an aromatic ring is 1. The second-order valence-electron chi connectivity index (χ2n) is 4.18. The average Bonchev–Trinajstić information content (AvgIpc) is 2.41. The van der Waals surface area contributed by atoms with Crippen LogP contribution < -0.4 is 5.73 Å². The molecule has 0 heterocycles. The number of anilines is 1. The van der Waals surface area contributed by atoms with E-state index in [0.717, 1.165) is 5.69 Å². The Bertz CT molecular complexity index is 674. The quantitative estimate of drug-likeness (QED) is 0.675. The molecule has 2 heteroatoms. The zero-order valence-corrected chi connectivity index (χ0v) is 10.7. The molecule has 0 bridgehead atoms. The summed E-state index contributed by atoms with van der Waals surface area (Å²) in [6.07, 6.45) is 0. The molecule has 0 aliphatic carbocycles. The predicted molar refractivity (Wildman–Crippen MR) is 78.9 cm³/mol. The lowest BCUT2D eigenvalue weighted by Crippen LogP contribution is -1.82. The highest BCUT2D eigenvalue weighted by Crippen LogP contribution is 2.30. The van der Waals surface area contributed by atoms with Crippen molar-refractivity contribution in [3.8, 4) is 0 Å². The van der Waals surface area contributed by atoms with Crippen LogP contribution in [0.4, 0.5) is 5.69 Å². The minimum absolute atomic E-state index is 0.804. The monoisotopic (exact) mass is 251 g/mol. The lowest BCUT2D eigenvalue weighted by Gasteiger charge is -2.04. The van der Waals surface area contributed by atoms with Gasteiger partial charge in [-0.05, 0) is 47.2 Å². The van der Waals surface area contributed by atoms with Crippen LogP contribution in [0, 0.1) is 0 Å². The smallest absolute Gasteiger partial charge is 0.0314 e. The molecule has 0 saturated heterocycles. The normalized spacial score (nSPS) is 10.7. The van der Waals surface area contributed by atoms with Crippen molar-refractivity contribution in [2.75, 3.05) is 5.73 Å². The summed E-state index contributed by atoms with van der Waals surface area (Å²) < 4.78 is 0. The maximum Gasteiger partial charge on any atom is 0.0314 e. The SMILES string of the molecule is Nc1ccc(Sc2ccc3ccccc3c2)cc1. The van der Waals surface area contributed by atoms with E-state index in [1.165, 1.54) is 20.6 Å². The Labute approximate surface area is 111 Å². The highest BCUT2D eigenvalue weighted by Gasteiger charge is 1.99. The maximum atomic E-state index is 5.69. The molecule has 2 N–H and O–H groups in total. The van der Waals surface area contributed by atoms with E-state index < -0.39 is 0 Å². The van der Waals surface area contributed by atoms with Gasteiger partial charge in [0.1, 0.15) is 0 Å². The number of hydrogen-bond acceptors (Lipinski definition) is 2. The van der Waals surface area contributed by atoms with Crippen LogP contribution in [-0.2, 0) is 0 Å². The van der Waals surface area contributed by atoms with E-state index in [1.54, 1.807) is 11.8 Å². The van der Waals surface area contributed by atoms with Crippen molar-refractivity contribution < 1.29 is 0 Å². The molecule has 1 nitrogen and oxygen atoms in total. The van der Waals surface area contributed by atoms with Gasteiger partial charge >= 0.3 is 0 Å². The van der Waals surface area contributed by atoms with E-state index in [-0.39, 0.29) is 0 Å². The number of rotatable bonds is 2. The van der Waals surface area contributed by atoms with Gasteiger partial charge in [0.2, 0.25) is 0 Å². The minimum atomic E-state index is 0.804. The molecule has 0 fully saturated rings. The molecule has 0 aliphatic heterocycles. The summed E-state index contributed by atoms with van der Waals surface area (Å²) in [5.74, 6) is 0. The molecule has 3 aromatic rings. The fourth-order valence-corrected chi connectivity index (χ4v) is 2.77. The van der Waals surface area contributed by atoms with Gasteiger partial charge in [-0.1, -0.05) is 42.1 Å². The first-order valence-corrected chi connectivity index (χ1v) is 6.65. The Balaban J connectivity index is 1.92. The van der Waals surface area contributed by atoms with Crippen LogP contribution in [0.3, 0.4) is 0 Å². The number of fused-ring (bicyclic) bond motifs is 1. The first-order chi connectivity index (χ1) is 8.81. The van der Waals surface area contributed by atoms with Crippen LogP contribution in [-0.4, -0.2) is 0 Å². The highest BCUT2D eigenvalue weighted by molar-refractivity contribution is 7.99. The van der Waals surface area contributed by atoms with Crippen molar-refractivity contribution in [3.05, 3.63) is 66.7 Å². The fraction of sp³-hybridized carbons (Fsp3) is 0. The molecule has 3 rings (SSSR count). The third-order valence-corrected chi connectivity index (χ3v) is 3.83. The molecule has 0 aromatic heterocycles. The average molecular weight is 251 g/mol. The third kappa shape index (κ3) is 2.34. The topological polar surface area (TPSA) is 26.0 Å². The molecular weight excluding hydrogens is 238 g/mol. The molecule has 18 heavy (non-hydrogen) atoms. The Morgan fingerprint density at radius 1 is 0.667 bits per heavy atom. The largest absolute Gasteiger partial charge is 0.399 e. The van der Waals surface area contributed by atoms with Crippen LogP contribution >= 0.6 is 11.8 Å². The number of hydrogen-bond donors (Lipinski definition) is 1. The molecule has 0 atom stereocenters. The molecule has 88 valence electrons. The van der Waals surface area contributed by atoms with Crippen LogP contribution in [0.2, 0.25) is 0 Å². The van der Waals surface area contributed by atoms with Crippen molar-refractivity contribution in [1.82, 2.24) is 0 Å². The molecule has 0 spiro atoms. The highest BCUT2D eigenvalue weighted by atomic mass is 32.2. The van der Waals surface area contributed by atoms with E-state index in [0.29, 0.717) is 0 Å². The molecule has 3 aromatic carbocycles. The molecule has 0 unspecified atom stereocenters. The Morgan fingerprint density at radius 3 is 2.11 bits per heavy atom. The third-order valence-electron chi connectivity index (χ3n) is 2.84. The summed E-state index contributed by atoms with van der Waals surface area (Å²) in [7, 11) is 0. The Kier molecular flexibility index (Phi) is 2.95. The van der Waals surface area contributed by atoms with Gasteiger partial charge < -0.3 is 5.73 Å². The second-order valence-corrected chi connectivity index (χ2v) is 5.33. The van der Waals surface area contributed by atoms with Crippen LogP contribution in [0.5, 0.6) is 0 Å². The fourth-order valence-electron chi connectivity index (χ4n) is 1.90. The zero-order chi connectivity index (χ0) is 12.4. The Hall–Kier alpha value is -1.93. The van der Waals surface area contributed by atoms with E-state index in [1.807, 2.05) is 12.1 Å². The summed E-state index contributed by atoms with van der Waals surface area (Å²) in [5, 5.41) is 2.55. The molecule has 0 radical (unpaired) electrons. The van der Waals surface area contributed by atoms with Gasteiger partial charge in [-0.3, -0.25) is 0 Å². The summed E-state index contributed by atoms with van der Waals surface area (Å²) in [6.45, 7) is 0. The molecule has 0 aliphatic rings. The predicted octanol–water partition coefficient (Wildman–Crippen LogP) is 4.57. The van der Waals surface area contributed by atoms with Gasteiger partial charge in [-0.2, -0.15) is 0 Å². The van der Waals surface area contributed by atoms with E-state index in [4.69, 9.17) is 5.73 Å². The Morgan fingerprint density at radius 2 is 1.33 bits per heavy atom. The van der Waals surface area contributed by atoms with Gasteiger partial charge in [-0.25, -0.2) is 0 Å². The molecular formula is C16H13NS. The summed E-state index contributed by atoms with van der Waals surface area (Å²) >= 11 is 1.76. The van der Waals surface area contributed by atoms with Crippen molar-refractivity contribution in [1.29, 1.82) is 0 Å². The standard InChI is InChI=1S/C16H13NS/c17-14-6-9-15(10-7-14)18-16-8-5-12-3-1-2-4-13(12)11-16/h1-11H,17H2. The lowest BCUT2D eigenvalue weighted by atomic mass is 10.1. The summed E-state index contributed by atoms with van der Waals surface area (Å²) in [4.78, 5) is 2.46. The van der Waals surface area contributed by atoms with Gasteiger partial charge in [0, 0.05) is 15.5 Å². The lowest BCUT2D eigenvalue weighted by molar-refractivity contribution is 1.42. The van der Waals surface area contributed by atoms with Crippen LogP contribution in [0.25, 0.3) is 10.8 Å². The first kappa shape index (κ1) is 11.2. The van der Waals surface area contributed by atoms with Crippen LogP contribution in [0.15, 0.2) is 76.5 Å².